The fraction of sp³-hybridized carbons (Fsp3) is 0.364. The van der Waals surface area contributed by atoms with Crippen LogP contribution in [-0.4, -0.2) is 61.4 Å². The highest BCUT2D eigenvalue weighted by molar-refractivity contribution is 6.09. The van der Waals surface area contributed by atoms with Gasteiger partial charge < -0.3 is 9.64 Å². The van der Waals surface area contributed by atoms with Crippen molar-refractivity contribution in [2.75, 3.05) is 39.8 Å². The number of benzene rings is 2. The van der Waals surface area contributed by atoms with Crippen LogP contribution in [0.4, 0.5) is 0 Å². The first kappa shape index (κ1) is 19.3. The third-order valence-electron chi connectivity index (χ3n) is 4.88. The number of rotatable bonds is 6. The molecule has 0 N–H and O–H groups in total. The molecule has 0 saturated carbocycles. The van der Waals surface area contributed by atoms with Crippen molar-refractivity contribution in [1.29, 1.82) is 0 Å². The number of esters is 1. The van der Waals surface area contributed by atoms with Crippen LogP contribution in [0.2, 0.25) is 0 Å². The van der Waals surface area contributed by atoms with E-state index in [9.17, 15) is 9.59 Å². The Hall–Kier alpha value is -2.50. The molecule has 1 aliphatic heterocycles. The predicted octanol–water partition coefficient (Wildman–Crippen LogP) is 2.84. The lowest BCUT2D eigenvalue weighted by Crippen LogP contribution is -2.43. The zero-order valence-electron chi connectivity index (χ0n) is 16.0. The second-order valence-electron chi connectivity index (χ2n) is 6.90. The molecule has 5 heteroatoms. The Bertz CT molecular complexity index is 776. The van der Waals surface area contributed by atoms with Gasteiger partial charge in [-0.1, -0.05) is 36.4 Å². The van der Waals surface area contributed by atoms with Gasteiger partial charge in [-0.2, -0.15) is 0 Å². The number of piperazine rings is 1. The van der Waals surface area contributed by atoms with Crippen LogP contribution in [0.15, 0.2) is 48.5 Å². The van der Waals surface area contributed by atoms with E-state index in [0.29, 0.717) is 23.3 Å². The molecule has 27 heavy (non-hydrogen) atoms. The van der Waals surface area contributed by atoms with Gasteiger partial charge in [0.15, 0.2) is 5.78 Å². The van der Waals surface area contributed by atoms with Crippen LogP contribution in [-0.2, 0) is 11.3 Å². The lowest BCUT2D eigenvalue weighted by Gasteiger charge is -2.32. The van der Waals surface area contributed by atoms with Crippen molar-refractivity contribution >= 4 is 11.8 Å². The first-order valence-corrected chi connectivity index (χ1v) is 9.38. The topological polar surface area (TPSA) is 49.9 Å². The molecule has 0 atom stereocenters. The predicted molar refractivity (Wildman–Crippen MR) is 105 cm³/mol. The van der Waals surface area contributed by atoms with Crippen LogP contribution in [0.25, 0.3) is 0 Å². The summed E-state index contributed by atoms with van der Waals surface area (Å²) in [6.45, 7) is 7.35. The van der Waals surface area contributed by atoms with E-state index in [2.05, 4.69) is 16.8 Å². The fourth-order valence-electron chi connectivity index (χ4n) is 3.16. The summed E-state index contributed by atoms with van der Waals surface area (Å²) in [5.74, 6) is -0.415. The standard InChI is InChI=1S/C22H26N2O3/c1-3-27-22(26)20-10-8-19(9-11-20)21(25)18-6-4-17(5-7-18)16-24-14-12-23(2)13-15-24/h4-11H,3,12-16H2,1-2H3. The van der Waals surface area contributed by atoms with Crippen molar-refractivity contribution in [3.63, 3.8) is 0 Å². The van der Waals surface area contributed by atoms with E-state index in [0.717, 1.165) is 32.7 Å². The summed E-state index contributed by atoms with van der Waals surface area (Å²) in [5, 5.41) is 0. The van der Waals surface area contributed by atoms with Crippen LogP contribution < -0.4 is 0 Å². The van der Waals surface area contributed by atoms with Crippen LogP contribution in [0.1, 0.15) is 38.8 Å². The van der Waals surface area contributed by atoms with Crippen molar-refractivity contribution in [3.8, 4) is 0 Å². The van der Waals surface area contributed by atoms with Crippen LogP contribution in [0.5, 0.6) is 0 Å². The minimum Gasteiger partial charge on any atom is -0.462 e. The first-order valence-electron chi connectivity index (χ1n) is 9.38. The van der Waals surface area contributed by atoms with Crippen molar-refractivity contribution in [2.24, 2.45) is 0 Å². The minimum atomic E-state index is -0.371. The number of carbonyl (C=O) groups is 2. The summed E-state index contributed by atoms with van der Waals surface area (Å²) in [5.41, 5.74) is 2.89. The Labute approximate surface area is 160 Å². The molecule has 0 bridgehead atoms. The van der Waals surface area contributed by atoms with Crippen molar-refractivity contribution < 1.29 is 14.3 Å². The third-order valence-corrected chi connectivity index (χ3v) is 4.88. The number of nitrogens with zero attached hydrogens (tertiary/aromatic N) is 2. The number of ketones is 1. The number of carbonyl (C=O) groups excluding carboxylic acids is 2. The van der Waals surface area contributed by atoms with Gasteiger partial charge in [-0.3, -0.25) is 9.69 Å². The molecule has 0 spiro atoms. The molecule has 2 aromatic rings. The molecular weight excluding hydrogens is 340 g/mol. The lowest BCUT2D eigenvalue weighted by atomic mass is 10.0. The van der Waals surface area contributed by atoms with Crippen LogP contribution in [0.3, 0.4) is 0 Å². The van der Waals surface area contributed by atoms with Gasteiger partial charge in [0, 0.05) is 43.9 Å². The maximum Gasteiger partial charge on any atom is 0.338 e. The van der Waals surface area contributed by atoms with Gasteiger partial charge in [0.05, 0.1) is 12.2 Å². The molecule has 5 nitrogen and oxygen atoms in total. The second kappa shape index (κ2) is 8.93. The van der Waals surface area contributed by atoms with E-state index in [1.54, 1.807) is 31.2 Å². The lowest BCUT2D eigenvalue weighted by molar-refractivity contribution is 0.0526. The van der Waals surface area contributed by atoms with Gasteiger partial charge in [0.1, 0.15) is 0 Å². The summed E-state index contributed by atoms with van der Waals surface area (Å²) >= 11 is 0. The Morgan fingerprint density at radius 3 is 1.93 bits per heavy atom. The maximum absolute atomic E-state index is 12.7. The van der Waals surface area contributed by atoms with Gasteiger partial charge in [0.25, 0.3) is 0 Å². The van der Waals surface area contributed by atoms with Gasteiger partial charge in [-0.15, -0.1) is 0 Å². The highest BCUT2D eigenvalue weighted by Gasteiger charge is 2.15. The zero-order chi connectivity index (χ0) is 19.2. The molecule has 0 aliphatic carbocycles. The van der Waals surface area contributed by atoms with E-state index in [4.69, 9.17) is 4.74 Å². The summed E-state index contributed by atoms with van der Waals surface area (Å²) in [4.78, 5) is 29.1. The van der Waals surface area contributed by atoms with Crippen LogP contribution >= 0.6 is 0 Å². The average Bonchev–Trinajstić information content (AvgIpc) is 2.70. The summed E-state index contributed by atoms with van der Waals surface area (Å²) in [7, 11) is 2.15. The Kier molecular flexibility index (Phi) is 6.37. The molecule has 0 amide bonds. The van der Waals surface area contributed by atoms with E-state index in [-0.39, 0.29) is 11.8 Å². The molecule has 1 aliphatic rings. The van der Waals surface area contributed by atoms with Gasteiger partial charge in [-0.25, -0.2) is 4.79 Å². The molecule has 0 unspecified atom stereocenters. The first-order chi connectivity index (χ1) is 13.1. The van der Waals surface area contributed by atoms with E-state index >= 15 is 0 Å². The highest BCUT2D eigenvalue weighted by atomic mass is 16.5. The third kappa shape index (κ3) is 5.02. The monoisotopic (exact) mass is 366 g/mol. The molecular formula is C22H26N2O3. The largest absolute Gasteiger partial charge is 0.462 e. The number of hydrogen-bond donors (Lipinski definition) is 0. The number of hydrogen-bond acceptors (Lipinski definition) is 5. The SMILES string of the molecule is CCOC(=O)c1ccc(C(=O)c2ccc(CN3CCN(C)CC3)cc2)cc1. The Balaban J connectivity index is 1.62. The Morgan fingerprint density at radius 2 is 1.37 bits per heavy atom. The van der Waals surface area contributed by atoms with Gasteiger partial charge in [0.2, 0.25) is 0 Å². The molecule has 2 aromatic carbocycles. The fourth-order valence-corrected chi connectivity index (χ4v) is 3.16. The Morgan fingerprint density at radius 1 is 0.852 bits per heavy atom. The minimum absolute atomic E-state index is 0.0449. The summed E-state index contributed by atoms with van der Waals surface area (Å²) in [6.07, 6.45) is 0. The summed E-state index contributed by atoms with van der Waals surface area (Å²) in [6, 6.07) is 14.4. The molecule has 142 valence electrons. The van der Waals surface area contributed by atoms with Gasteiger partial charge in [-0.05, 0) is 31.7 Å². The molecule has 1 fully saturated rings. The van der Waals surface area contributed by atoms with Crippen molar-refractivity contribution in [2.45, 2.75) is 13.5 Å². The molecule has 3 rings (SSSR count). The second-order valence-corrected chi connectivity index (χ2v) is 6.90. The smallest absolute Gasteiger partial charge is 0.338 e. The number of likely N-dealkylation sites (N-methyl/N-ethyl adjacent to an activating group) is 1. The van der Waals surface area contributed by atoms with E-state index in [1.165, 1.54) is 5.56 Å². The normalized spacial score (nSPS) is 15.5. The van der Waals surface area contributed by atoms with Crippen molar-refractivity contribution in [1.82, 2.24) is 9.80 Å². The maximum atomic E-state index is 12.7. The molecule has 0 radical (unpaired) electrons. The molecule has 0 aromatic heterocycles. The molecule has 1 heterocycles. The quantitative estimate of drug-likeness (QED) is 0.581. The van der Waals surface area contributed by atoms with E-state index in [1.807, 2.05) is 24.3 Å². The van der Waals surface area contributed by atoms with Crippen molar-refractivity contribution in [3.05, 3.63) is 70.8 Å². The van der Waals surface area contributed by atoms with Gasteiger partial charge >= 0.3 is 5.97 Å². The van der Waals surface area contributed by atoms with E-state index < -0.39 is 0 Å². The number of ether oxygens (including phenoxy) is 1. The molecule has 1 saturated heterocycles. The zero-order valence-corrected chi connectivity index (χ0v) is 16.0. The summed E-state index contributed by atoms with van der Waals surface area (Å²) < 4.78 is 4.96. The average molecular weight is 366 g/mol. The highest BCUT2D eigenvalue weighted by Crippen LogP contribution is 2.14. The van der Waals surface area contributed by atoms with Crippen LogP contribution in [0, 0.1) is 0 Å².